The molecular weight excluding hydrogens is 416 g/mol. The number of carbonyl (C=O) groups is 1. The molecule has 0 unspecified atom stereocenters. The lowest BCUT2D eigenvalue weighted by Crippen LogP contribution is -2.16. The smallest absolute Gasteiger partial charge is 0.266 e. The summed E-state index contributed by atoms with van der Waals surface area (Å²) in [5.74, 6) is -0.296. The average Bonchev–Trinajstić information content (AvgIpc) is 3.12. The molecule has 0 spiro atoms. The first-order valence-electron chi connectivity index (χ1n) is 6.88. The van der Waals surface area contributed by atoms with Crippen molar-refractivity contribution >= 4 is 72.4 Å². The van der Waals surface area contributed by atoms with Crippen LogP contribution < -0.4 is 5.43 Å². The number of thiophene rings is 2. The molecule has 118 valence electrons. The highest BCUT2D eigenvalue weighted by Gasteiger charge is 2.16. The summed E-state index contributed by atoms with van der Waals surface area (Å²) in [6.07, 6.45) is 2.65. The van der Waals surface area contributed by atoms with Crippen molar-refractivity contribution < 1.29 is 4.79 Å². The molecule has 2 heterocycles. The quantitative estimate of drug-likeness (QED) is 0.421. The van der Waals surface area contributed by atoms with Gasteiger partial charge in [-0.2, -0.15) is 5.10 Å². The molecule has 0 aliphatic rings. The Morgan fingerprint density at radius 1 is 1.35 bits per heavy atom. The highest BCUT2D eigenvalue weighted by atomic mass is 79.9. The number of hydrogen-bond acceptors (Lipinski definition) is 4. The molecule has 7 heteroatoms. The van der Waals surface area contributed by atoms with Crippen LogP contribution in [0.5, 0.6) is 0 Å². The lowest BCUT2D eigenvalue weighted by molar-refractivity contribution is 0.0959. The van der Waals surface area contributed by atoms with Gasteiger partial charge < -0.3 is 0 Å². The molecule has 1 amide bonds. The Hall–Kier alpha value is -1.21. The minimum atomic E-state index is -0.296. The van der Waals surface area contributed by atoms with E-state index < -0.39 is 0 Å². The highest BCUT2D eigenvalue weighted by Crippen LogP contribution is 2.36. The summed E-state index contributed by atoms with van der Waals surface area (Å²) in [5, 5.41) is 5.36. The molecule has 0 saturated heterocycles. The van der Waals surface area contributed by atoms with Crippen LogP contribution in [0.1, 0.15) is 26.3 Å². The zero-order chi connectivity index (χ0) is 16.4. The molecule has 0 saturated carbocycles. The first kappa shape index (κ1) is 16.6. The van der Waals surface area contributed by atoms with E-state index in [0.717, 1.165) is 25.9 Å². The molecule has 23 heavy (non-hydrogen) atoms. The molecule has 0 aliphatic heterocycles. The van der Waals surface area contributed by atoms with Gasteiger partial charge in [-0.15, -0.1) is 22.7 Å². The van der Waals surface area contributed by atoms with Crippen LogP contribution in [-0.4, -0.2) is 12.1 Å². The molecule has 2 aromatic heterocycles. The van der Waals surface area contributed by atoms with Crippen molar-refractivity contribution in [3.05, 3.63) is 54.5 Å². The number of halogens is 2. The molecule has 1 N–H and O–H groups in total. The number of hydrazone groups is 1. The summed E-state index contributed by atoms with van der Waals surface area (Å²) in [6, 6.07) is 9.81. The van der Waals surface area contributed by atoms with Gasteiger partial charge >= 0.3 is 0 Å². The predicted octanol–water partition coefficient (Wildman–Crippen LogP) is 5.71. The van der Waals surface area contributed by atoms with Gasteiger partial charge in [-0.05, 0) is 30.7 Å². The molecule has 0 fully saturated rings. The second kappa shape index (κ2) is 7.13. The Kier molecular flexibility index (Phi) is 5.16. The van der Waals surface area contributed by atoms with Crippen LogP contribution in [0.3, 0.4) is 0 Å². The maximum absolute atomic E-state index is 12.3. The Morgan fingerprint density at radius 2 is 2.17 bits per heavy atom. The fraction of sp³-hybridized carbons (Fsp3) is 0.125. The summed E-state index contributed by atoms with van der Waals surface area (Å²) in [6.45, 7) is 2.11. The van der Waals surface area contributed by atoms with E-state index in [1.165, 1.54) is 16.2 Å². The Labute approximate surface area is 155 Å². The molecule has 0 bridgehead atoms. The van der Waals surface area contributed by atoms with Gasteiger partial charge in [0.1, 0.15) is 4.88 Å². The summed E-state index contributed by atoms with van der Waals surface area (Å²) in [7, 11) is 0. The van der Waals surface area contributed by atoms with Gasteiger partial charge in [0.25, 0.3) is 5.91 Å². The van der Waals surface area contributed by atoms with E-state index in [1.54, 1.807) is 17.6 Å². The summed E-state index contributed by atoms with van der Waals surface area (Å²) in [5.41, 5.74) is 2.54. The highest BCUT2D eigenvalue weighted by molar-refractivity contribution is 9.10. The van der Waals surface area contributed by atoms with Gasteiger partial charge in [-0.3, -0.25) is 4.79 Å². The normalized spacial score (nSPS) is 11.4. The summed E-state index contributed by atoms with van der Waals surface area (Å²) in [4.78, 5) is 15.0. The van der Waals surface area contributed by atoms with Crippen LogP contribution in [0.2, 0.25) is 5.02 Å². The summed E-state index contributed by atoms with van der Waals surface area (Å²) >= 11 is 12.7. The maximum Gasteiger partial charge on any atom is 0.283 e. The van der Waals surface area contributed by atoms with Gasteiger partial charge in [0.15, 0.2) is 0 Å². The van der Waals surface area contributed by atoms with Crippen LogP contribution in [0.25, 0.3) is 10.1 Å². The lowest BCUT2D eigenvalue weighted by Gasteiger charge is -1.96. The largest absolute Gasteiger partial charge is 0.283 e. The van der Waals surface area contributed by atoms with E-state index in [1.807, 2.05) is 24.3 Å². The van der Waals surface area contributed by atoms with E-state index in [2.05, 4.69) is 39.4 Å². The van der Waals surface area contributed by atoms with Gasteiger partial charge in [-0.1, -0.05) is 40.5 Å². The monoisotopic (exact) mass is 426 g/mol. The fourth-order valence-corrected chi connectivity index (χ4v) is 4.83. The number of carbonyl (C=O) groups excluding carboxylic acids is 1. The second-order valence-corrected chi connectivity index (χ2v) is 8.29. The molecule has 0 atom stereocenters. The van der Waals surface area contributed by atoms with Crippen molar-refractivity contribution in [2.45, 2.75) is 13.3 Å². The SMILES string of the molecule is CCc1ccc(/C=N/NC(=O)c2sc3cc(Br)ccc3c2Cl)s1. The van der Waals surface area contributed by atoms with E-state index in [4.69, 9.17) is 11.6 Å². The number of rotatable bonds is 4. The number of amides is 1. The molecule has 0 radical (unpaired) electrons. The van der Waals surface area contributed by atoms with E-state index in [-0.39, 0.29) is 5.91 Å². The molecule has 3 nitrogen and oxygen atoms in total. The van der Waals surface area contributed by atoms with Crippen LogP contribution in [0.15, 0.2) is 39.9 Å². The Morgan fingerprint density at radius 3 is 2.91 bits per heavy atom. The predicted molar refractivity (Wildman–Crippen MR) is 103 cm³/mol. The minimum Gasteiger partial charge on any atom is -0.266 e. The van der Waals surface area contributed by atoms with Gasteiger partial charge in [-0.25, -0.2) is 5.43 Å². The number of hydrogen-bond donors (Lipinski definition) is 1. The van der Waals surface area contributed by atoms with Crippen molar-refractivity contribution in [3.63, 3.8) is 0 Å². The summed E-state index contributed by atoms with van der Waals surface area (Å²) < 4.78 is 1.92. The van der Waals surface area contributed by atoms with Crippen LogP contribution in [-0.2, 0) is 6.42 Å². The van der Waals surface area contributed by atoms with Crippen molar-refractivity contribution in [2.24, 2.45) is 5.10 Å². The second-order valence-electron chi connectivity index (χ2n) is 4.74. The van der Waals surface area contributed by atoms with E-state index >= 15 is 0 Å². The molecule has 3 rings (SSSR count). The first-order valence-corrected chi connectivity index (χ1v) is 9.68. The van der Waals surface area contributed by atoms with Crippen LogP contribution in [0, 0.1) is 0 Å². The number of fused-ring (bicyclic) bond motifs is 1. The van der Waals surface area contributed by atoms with Gasteiger partial charge in [0, 0.05) is 24.3 Å². The molecular formula is C16H12BrClN2OS2. The van der Waals surface area contributed by atoms with E-state index in [0.29, 0.717) is 9.90 Å². The number of benzene rings is 1. The third kappa shape index (κ3) is 3.66. The number of aryl methyl sites for hydroxylation is 1. The first-order chi connectivity index (χ1) is 11.1. The molecule has 1 aromatic carbocycles. The Bertz CT molecular complexity index is 901. The van der Waals surface area contributed by atoms with Crippen LogP contribution in [0.4, 0.5) is 0 Å². The Balaban J connectivity index is 1.76. The fourth-order valence-electron chi connectivity index (χ4n) is 2.04. The third-order valence-electron chi connectivity index (χ3n) is 3.19. The zero-order valence-electron chi connectivity index (χ0n) is 12.1. The average molecular weight is 428 g/mol. The molecule has 3 aromatic rings. The van der Waals surface area contributed by atoms with Crippen molar-refractivity contribution in [3.8, 4) is 0 Å². The van der Waals surface area contributed by atoms with Crippen LogP contribution >= 0.6 is 50.2 Å². The van der Waals surface area contributed by atoms with Gasteiger partial charge in [0.05, 0.1) is 11.2 Å². The van der Waals surface area contributed by atoms with Crippen molar-refractivity contribution in [1.82, 2.24) is 5.43 Å². The zero-order valence-corrected chi connectivity index (χ0v) is 16.1. The number of nitrogens with one attached hydrogen (secondary N) is 1. The minimum absolute atomic E-state index is 0.296. The third-order valence-corrected chi connectivity index (χ3v) is 6.50. The van der Waals surface area contributed by atoms with E-state index in [9.17, 15) is 4.79 Å². The molecule has 0 aliphatic carbocycles. The van der Waals surface area contributed by atoms with Gasteiger partial charge in [0.2, 0.25) is 0 Å². The lowest BCUT2D eigenvalue weighted by atomic mass is 10.2. The van der Waals surface area contributed by atoms with Crippen molar-refractivity contribution in [2.75, 3.05) is 0 Å². The topological polar surface area (TPSA) is 41.5 Å². The maximum atomic E-state index is 12.3. The standard InChI is InChI=1S/C16H12BrClN2OS2/c1-2-10-4-5-11(22-10)8-19-20-16(21)15-14(18)12-6-3-9(17)7-13(12)23-15/h3-8H,2H2,1H3,(H,20,21)/b19-8+. The van der Waals surface area contributed by atoms with Crippen molar-refractivity contribution in [1.29, 1.82) is 0 Å². The number of nitrogens with zero attached hydrogens (tertiary/aromatic N) is 1.